The molecule has 5 nitrogen and oxygen atoms in total. The first-order valence-corrected chi connectivity index (χ1v) is 8.67. The summed E-state index contributed by atoms with van der Waals surface area (Å²) in [5, 5.41) is 4.09. The van der Waals surface area contributed by atoms with Crippen LogP contribution in [0.3, 0.4) is 0 Å². The summed E-state index contributed by atoms with van der Waals surface area (Å²) in [5.74, 6) is 1.81. The molecule has 2 N–H and O–H groups in total. The zero-order chi connectivity index (χ0) is 16.8. The number of ether oxygens (including phenoxy) is 1. The van der Waals surface area contributed by atoms with E-state index in [0.717, 1.165) is 49.3 Å². The maximum atomic E-state index is 5.49. The van der Waals surface area contributed by atoms with Crippen molar-refractivity contribution >= 4 is 17.3 Å². The molecule has 3 rings (SSSR count). The lowest BCUT2D eigenvalue weighted by molar-refractivity contribution is -0.917. The molecule has 2 aromatic rings. The highest BCUT2D eigenvalue weighted by molar-refractivity contribution is 7.80. The number of hydrogen-bond donors (Lipinski definition) is 2. The van der Waals surface area contributed by atoms with Crippen LogP contribution in [-0.4, -0.2) is 43.3 Å². The second-order valence-corrected chi connectivity index (χ2v) is 6.39. The lowest BCUT2D eigenvalue weighted by atomic mass is 10.2. The van der Waals surface area contributed by atoms with Gasteiger partial charge in [0, 0.05) is 5.56 Å². The summed E-state index contributed by atoms with van der Waals surface area (Å²) in [5.41, 5.74) is 1.35. The molecule has 0 saturated carbocycles. The Morgan fingerprint density at radius 2 is 2.00 bits per heavy atom. The summed E-state index contributed by atoms with van der Waals surface area (Å²) in [6.07, 6.45) is 1.68. The summed E-state index contributed by atoms with van der Waals surface area (Å²) < 4.78 is 10.5. The van der Waals surface area contributed by atoms with Gasteiger partial charge in [-0.15, -0.1) is 0 Å². The predicted octanol–water partition coefficient (Wildman–Crippen LogP) is 1.06. The molecule has 1 aliphatic rings. The number of methoxy groups -OCH3 is 1. The third kappa shape index (κ3) is 4.49. The number of quaternary nitrogens is 1. The van der Waals surface area contributed by atoms with Gasteiger partial charge in [0.25, 0.3) is 0 Å². The van der Waals surface area contributed by atoms with E-state index in [9.17, 15) is 0 Å². The van der Waals surface area contributed by atoms with Crippen LogP contribution >= 0.6 is 12.2 Å². The number of rotatable bonds is 5. The summed E-state index contributed by atoms with van der Waals surface area (Å²) in [6.45, 7) is 5.84. The third-order valence-electron chi connectivity index (χ3n) is 4.36. The van der Waals surface area contributed by atoms with Crippen molar-refractivity contribution in [2.24, 2.45) is 0 Å². The van der Waals surface area contributed by atoms with Gasteiger partial charge in [-0.1, -0.05) is 0 Å². The van der Waals surface area contributed by atoms with Crippen LogP contribution in [0.1, 0.15) is 11.3 Å². The van der Waals surface area contributed by atoms with E-state index in [1.807, 2.05) is 24.3 Å². The van der Waals surface area contributed by atoms with E-state index in [1.165, 1.54) is 5.56 Å². The minimum Gasteiger partial charge on any atom is -0.497 e. The molecule has 0 radical (unpaired) electrons. The fraction of sp³-hybridized carbons (Fsp3) is 0.389. The minimum absolute atomic E-state index is 0.644. The van der Waals surface area contributed by atoms with Crippen molar-refractivity contribution in [3.63, 3.8) is 0 Å². The molecule has 1 aromatic heterocycles. The Kier molecular flexibility index (Phi) is 5.72. The normalized spacial score (nSPS) is 15.3. The molecule has 2 heterocycles. The maximum absolute atomic E-state index is 5.49. The Balaban J connectivity index is 1.42. The zero-order valence-electron chi connectivity index (χ0n) is 14.0. The van der Waals surface area contributed by atoms with E-state index in [-0.39, 0.29) is 0 Å². The van der Waals surface area contributed by atoms with Crippen molar-refractivity contribution in [2.75, 3.05) is 33.3 Å². The molecule has 0 aliphatic carbocycles. The van der Waals surface area contributed by atoms with Crippen molar-refractivity contribution in [2.45, 2.75) is 13.1 Å². The van der Waals surface area contributed by atoms with Crippen molar-refractivity contribution in [3.05, 3.63) is 54.0 Å². The molecule has 0 spiro atoms. The molecule has 128 valence electrons. The topological polar surface area (TPSA) is 42.1 Å². The minimum atomic E-state index is 0.644. The molecule has 24 heavy (non-hydrogen) atoms. The van der Waals surface area contributed by atoms with Gasteiger partial charge in [-0.3, -0.25) is 0 Å². The van der Waals surface area contributed by atoms with Crippen molar-refractivity contribution < 1.29 is 14.1 Å². The van der Waals surface area contributed by atoms with Gasteiger partial charge in [0.15, 0.2) is 5.11 Å². The molecule has 1 fully saturated rings. The highest BCUT2D eigenvalue weighted by Crippen LogP contribution is 2.10. The van der Waals surface area contributed by atoms with Gasteiger partial charge in [-0.05, 0) is 48.6 Å². The van der Waals surface area contributed by atoms with Crippen LogP contribution in [0.25, 0.3) is 0 Å². The summed E-state index contributed by atoms with van der Waals surface area (Å²) in [7, 11) is 1.70. The van der Waals surface area contributed by atoms with E-state index < -0.39 is 0 Å². The van der Waals surface area contributed by atoms with Gasteiger partial charge in [0.1, 0.15) is 18.1 Å². The average molecular weight is 346 g/mol. The van der Waals surface area contributed by atoms with Gasteiger partial charge in [-0.2, -0.15) is 0 Å². The fourth-order valence-corrected chi connectivity index (χ4v) is 3.18. The number of nitrogens with zero attached hydrogens (tertiary/aromatic N) is 1. The largest absolute Gasteiger partial charge is 0.497 e. The van der Waals surface area contributed by atoms with Gasteiger partial charge in [0.05, 0.1) is 46.1 Å². The molecular formula is C18H24N3O2S+. The van der Waals surface area contributed by atoms with Crippen molar-refractivity contribution in [1.29, 1.82) is 0 Å². The van der Waals surface area contributed by atoms with Crippen LogP contribution in [0.5, 0.6) is 5.75 Å². The van der Waals surface area contributed by atoms with E-state index in [0.29, 0.717) is 6.54 Å². The van der Waals surface area contributed by atoms with Crippen LogP contribution in [0.15, 0.2) is 47.1 Å². The number of hydrogen-bond acceptors (Lipinski definition) is 3. The lowest BCUT2D eigenvalue weighted by Crippen LogP contribution is -3.13. The number of thiocarbonyl (C=S) groups is 1. The first-order chi connectivity index (χ1) is 11.7. The van der Waals surface area contributed by atoms with E-state index >= 15 is 0 Å². The average Bonchev–Trinajstić information content (AvgIpc) is 3.14. The standard InChI is InChI=1S/C18H23N3O2S/c1-22-16-6-4-15(5-7-16)14-20-8-10-21(11-9-20)18(24)19-13-17-3-2-12-23-17/h2-7,12H,8-11,13-14H2,1H3,(H,19,24)/p+1. The number of benzene rings is 1. The van der Waals surface area contributed by atoms with Crippen LogP contribution in [0, 0.1) is 0 Å². The van der Waals surface area contributed by atoms with Crippen LogP contribution in [0.2, 0.25) is 0 Å². The van der Waals surface area contributed by atoms with Crippen LogP contribution in [0.4, 0.5) is 0 Å². The number of nitrogens with one attached hydrogen (secondary N) is 2. The fourth-order valence-electron chi connectivity index (χ4n) is 2.92. The van der Waals surface area contributed by atoms with Gasteiger partial charge >= 0.3 is 0 Å². The van der Waals surface area contributed by atoms with E-state index in [4.69, 9.17) is 21.4 Å². The Labute approximate surface area is 148 Å². The Morgan fingerprint density at radius 3 is 2.62 bits per heavy atom. The number of furan rings is 1. The van der Waals surface area contributed by atoms with Gasteiger partial charge in [0.2, 0.25) is 0 Å². The molecule has 0 amide bonds. The molecular weight excluding hydrogens is 322 g/mol. The Bertz CT molecular complexity index is 635. The van der Waals surface area contributed by atoms with Crippen LogP contribution in [-0.2, 0) is 13.1 Å². The molecule has 0 unspecified atom stereocenters. The second-order valence-electron chi connectivity index (χ2n) is 6.00. The first-order valence-electron chi connectivity index (χ1n) is 8.26. The third-order valence-corrected chi connectivity index (χ3v) is 4.77. The molecule has 1 aliphatic heterocycles. The first kappa shape index (κ1) is 16.8. The summed E-state index contributed by atoms with van der Waals surface area (Å²) in [6, 6.07) is 12.2. The monoisotopic (exact) mass is 346 g/mol. The Morgan fingerprint density at radius 1 is 1.25 bits per heavy atom. The molecule has 0 atom stereocenters. The van der Waals surface area contributed by atoms with Crippen molar-refractivity contribution in [3.8, 4) is 5.75 Å². The second kappa shape index (κ2) is 8.17. The molecule has 1 aromatic carbocycles. The molecule has 0 bridgehead atoms. The quantitative estimate of drug-likeness (QED) is 0.793. The maximum Gasteiger partial charge on any atom is 0.169 e. The highest BCUT2D eigenvalue weighted by Gasteiger charge is 2.21. The number of piperazine rings is 1. The SMILES string of the molecule is COc1ccc(C[NH+]2CCN(C(=S)NCc3ccco3)CC2)cc1. The highest BCUT2D eigenvalue weighted by atomic mass is 32.1. The predicted molar refractivity (Wildman–Crippen MR) is 97.1 cm³/mol. The summed E-state index contributed by atoms with van der Waals surface area (Å²) in [4.78, 5) is 3.83. The van der Waals surface area contributed by atoms with Gasteiger partial charge < -0.3 is 24.3 Å². The summed E-state index contributed by atoms with van der Waals surface area (Å²) >= 11 is 5.49. The van der Waals surface area contributed by atoms with E-state index in [2.05, 4.69) is 22.3 Å². The van der Waals surface area contributed by atoms with Crippen LogP contribution < -0.4 is 15.0 Å². The zero-order valence-corrected chi connectivity index (χ0v) is 14.8. The molecule has 1 saturated heterocycles. The smallest absolute Gasteiger partial charge is 0.169 e. The van der Waals surface area contributed by atoms with Crippen molar-refractivity contribution in [1.82, 2.24) is 10.2 Å². The van der Waals surface area contributed by atoms with E-state index in [1.54, 1.807) is 18.3 Å². The lowest BCUT2D eigenvalue weighted by Gasteiger charge is -2.33. The Hall–Kier alpha value is -2.05. The van der Waals surface area contributed by atoms with Gasteiger partial charge in [-0.25, -0.2) is 0 Å². The molecule has 6 heteroatoms.